The normalized spacial score (nSPS) is 14.7. The summed E-state index contributed by atoms with van der Waals surface area (Å²) in [5.74, 6) is -0.923. The molecule has 0 aliphatic carbocycles. The van der Waals surface area contributed by atoms with Crippen molar-refractivity contribution in [3.63, 3.8) is 0 Å². The maximum atomic E-state index is 12.2. The topological polar surface area (TPSA) is 91.7 Å². The Morgan fingerprint density at radius 3 is 2.42 bits per heavy atom. The van der Waals surface area contributed by atoms with Gasteiger partial charge in [0.1, 0.15) is 0 Å². The lowest BCUT2D eigenvalue weighted by atomic mass is 9.96. The van der Waals surface area contributed by atoms with Crippen LogP contribution in [0.15, 0.2) is 47.1 Å². The average Bonchev–Trinajstić information content (AvgIpc) is 3.20. The van der Waals surface area contributed by atoms with E-state index in [0.29, 0.717) is 36.7 Å². The molecule has 1 fully saturated rings. The third-order valence-corrected chi connectivity index (χ3v) is 4.63. The van der Waals surface area contributed by atoms with Crippen molar-refractivity contribution < 1.29 is 18.8 Å². The maximum absolute atomic E-state index is 12.2. The lowest BCUT2D eigenvalue weighted by Gasteiger charge is -2.30. The predicted octanol–water partition coefficient (Wildman–Crippen LogP) is 2.25. The molecule has 2 aromatic rings. The number of carbonyl (C=O) groups excluding carboxylic acids is 3. The van der Waals surface area contributed by atoms with E-state index in [1.54, 1.807) is 41.3 Å². The third-order valence-electron chi connectivity index (χ3n) is 4.30. The zero-order chi connectivity index (χ0) is 18.5. The Morgan fingerprint density at radius 1 is 1.04 bits per heavy atom. The van der Waals surface area contributed by atoms with E-state index in [0.717, 1.165) is 0 Å². The second kappa shape index (κ2) is 8.05. The number of piperidine rings is 1. The minimum absolute atomic E-state index is 0.180. The summed E-state index contributed by atoms with van der Waals surface area (Å²) < 4.78 is 5.11. The summed E-state index contributed by atoms with van der Waals surface area (Å²) in [6.07, 6.45) is 2.48. The number of hydrazine groups is 1. The molecule has 8 heteroatoms. The summed E-state index contributed by atoms with van der Waals surface area (Å²) in [4.78, 5) is 38.2. The number of rotatable bonds is 3. The van der Waals surface area contributed by atoms with Crippen LogP contribution in [0.1, 0.15) is 33.8 Å². The molecule has 1 aromatic carbocycles. The number of furan rings is 1. The quantitative estimate of drug-likeness (QED) is 0.805. The second-order valence-corrected chi connectivity index (χ2v) is 6.37. The fourth-order valence-electron chi connectivity index (χ4n) is 2.83. The van der Waals surface area contributed by atoms with Crippen LogP contribution in [0.3, 0.4) is 0 Å². The van der Waals surface area contributed by atoms with E-state index in [9.17, 15) is 14.4 Å². The molecule has 0 unspecified atom stereocenters. The van der Waals surface area contributed by atoms with Gasteiger partial charge in [-0.1, -0.05) is 23.7 Å². The molecule has 1 aliphatic rings. The van der Waals surface area contributed by atoms with E-state index in [4.69, 9.17) is 16.0 Å². The van der Waals surface area contributed by atoms with E-state index in [1.807, 2.05) is 0 Å². The molecule has 136 valence electrons. The summed E-state index contributed by atoms with van der Waals surface area (Å²) in [5, 5.41) is 0.309. The van der Waals surface area contributed by atoms with Crippen LogP contribution in [0, 0.1) is 5.92 Å². The Hall–Kier alpha value is -2.80. The zero-order valence-electron chi connectivity index (χ0n) is 13.9. The van der Waals surface area contributed by atoms with Crippen molar-refractivity contribution in [3.05, 3.63) is 59.0 Å². The van der Waals surface area contributed by atoms with Crippen molar-refractivity contribution in [1.29, 1.82) is 0 Å². The first-order chi connectivity index (χ1) is 12.6. The summed E-state index contributed by atoms with van der Waals surface area (Å²) in [5.41, 5.74) is 5.09. The second-order valence-electron chi connectivity index (χ2n) is 5.97. The Balaban J connectivity index is 1.47. The summed E-state index contributed by atoms with van der Waals surface area (Å²) in [6, 6.07) is 9.86. The molecule has 0 radical (unpaired) electrons. The third kappa shape index (κ3) is 4.05. The van der Waals surface area contributed by atoms with Crippen LogP contribution >= 0.6 is 11.6 Å². The molecule has 2 heterocycles. The van der Waals surface area contributed by atoms with Crippen molar-refractivity contribution >= 4 is 29.3 Å². The SMILES string of the molecule is O=C(NNC(=O)C1CCN(C(=O)c2ccco2)CC1)c1ccccc1Cl. The van der Waals surface area contributed by atoms with Gasteiger partial charge in [-0.25, -0.2) is 0 Å². The van der Waals surface area contributed by atoms with Gasteiger partial charge in [0.2, 0.25) is 5.91 Å². The number of likely N-dealkylation sites (tertiary alicyclic amines) is 1. The number of benzene rings is 1. The van der Waals surface area contributed by atoms with Crippen LogP contribution in [0.25, 0.3) is 0 Å². The summed E-state index contributed by atoms with van der Waals surface area (Å²) in [6.45, 7) is 0.909. The number of carbonyl (C=O) groups is 3. The van der Waals surface area contributed by atoms with E-state index in [2.05, 4.69) is 10.9 Å². The smallest absolute Gasteiger partial charge is 0.289 e. The van der Waals surface area contributed by atoms with Crippen LogP contribution in [0.4, 0.5) is 0 Å². The molecule has 0 spiro atoms. The van der Waals surface area contributed by atoms with Crippen LogP contribution in [0.2, 0.25) is 5.02 Å². The number of hydrogen-bond donors (Lipinski definition) is 2. The molecule has 3 amide bonds. The number of hydrogen-bond acceptors (Lipinski definition) is 4. The lowest BCUT2D eigenvalue weighted by molar-refractivity contribution is -0.127. The first-order valence-electron chi connectivity index (χ1n) is 8.24. The molecule has 26 heavy (non-hydrogen) atoms. The fraction of sp³-hybridized carbons (Fsp3) is 0.278. The summed E-state index contributed by atoms with van der Waals surface area (Å²) in [7, 11) is 0. The van der Waals surface area contributed by atoms with Gasteiger partial charge in [0, 0.05) is 19.0 Å². The van der Waals surface area contributed by atoms with Crippen molar-refractivity contribution in [3.8, 4) is 0 Å². The first-order valence-corrected chi connectivity index (χ1v) is 8.61. The predicted molar refractivity (Wildman–Crippen MR) is 94.4 cm³/mol. The van der Waals surface area contributed by atoms with Gasteiger partial charge in [-0.05, 0) is 37.1 Å². The molecule has 7 nitrogen and oxygen atoms in total. The molecule has 1 saturated heterocycles. The van der Waals surface area contributed by atoms with Crippen molar-refractivity contribution in [1.82, 2.24) is 15.8 Å². The summed E-state index contributed by atoms with van der Waals surface area (Å²) >= 11 is 5.95. The Labute approximate surface area is 155 Å². The van der Waals surface area contributed by atoms with Crippen LogP contribution < -0.4 is 10.9 Å². The molecule has 0 saturated carbocycles. The van der Waals surface area contributed by atoms with Crippen molar-refractivity contribution in [2.75, 3.05) is 13.1 Å². The zero-order valence-corrected chi connectivity index (χ0v) is 14.7. The van der Waals surface area contributed by atoms with Gasteiger partial charge in [-0.3, -0.25) is 25.2 Å². The van der Waals surface area contributed by atoms with E-state index < -0.39 is 5.91 Å². The molecule has 1 aliphatic heterocycles. The van der Waals surface area contributed by atoms with Crippen LogP contribution in [-0.4, -0.2) is 35.7 Å². The standard InChI is InChI=1S/C18H18ClN3O4/c19-14-5-2-1-4-13(14)17(24)21-20-16(23)12-7-9-22(10-8-12)18(25)15-6-3-11-26-15/h1-6,11-12H,7-10H2,(H,20,23)(H,21,24). The molecular formula is C18H18ClN3O4. The molecule has 0 bridgehead atoms. The lowest BCUT2D eigenvalue weighted by Crippen LogP contribution is -2.48. The Morgan fingerprint density at radius 2 is 1.77 bits per heavy atom. The van der Waals surface area contributed by atoms with Gasteiger partial charge >= 0.3 is 0 Å². The molecule has 3 rings (SSSR count). The van der Waals surface area contributed by atoms with Crippen molar-refractivity contribution in [2.45, 2.75) is 12.8 Å². The van der Waals surface area contributed by atoms with Gasteiger partial charge in [0.15, 0.2) is 5.76 Å². The molecule has 2 N–H and O–H groups in total. The monoisotopic (exact) mass is 375 g/mol. The molecule has 0 atom stereocenters. The van der Waals surface area contributed by atoms with Crippen molar-refractivity contribution in [2.24, 2.45) is 5.92 Å². The minimum Gasteiger partial charge on any atom is -0.459 e. The number of nitrogens with one attached hydrogen (secondary N) is 2. The minimum atomic E-state index is -0.477. The Bertz CT molecular complexity index is 799. The van der Waals surface area contributed by atoms with Crippen LogP contribution in [0.5, 0.6) is 0 Å². The largest absolute Gasteiger partial charge is 0.459 e. The van der Waals surface area contributed by atoms with Gasteiger partial charge in [0.25, 0.3) is 11.8 Å². The van der Waals surface area contributed by atoms with E-state index in [1.165, 1.54) is 6.26 Å². The highest BCUT2D eigenvalue weighted by Gasteiger charge is 2.29. The molecule has 1 aromatic heterocycles. The van der Waals surface area contributed by atoms with Gasteiger partial charge in [-0.15, -0.1) is 0 Å². The van der Waals surface area contributed by atoms with Gasteiger partial charge in [0.05, 0.1) is 16.8 Å². The highest BCUT2D eigenvalue weighted by molar-refractivity contribution is 6.33. The number of halogens is 1. The maximum Gasteiger partial charge on any atom is 0.289 e. The van der Waals surface area contributed by atoms with Crippen LogP contribution in [-0.2, 0) is 4.79 Å². The number of amides is 3. The van der Waals surface area contributed by atoms with Gasteiger partial charge < -0.3 is 9.32 Å². The fourth-order valence-corrected chi connectivity index (χ4v) is 3.06. The van der Waals surface area contributed by atoms with Gasteiger partial charge in [-0.2, -0.15) is 0 Å². The van der Waals surface area contributed by atoms with E-state index >= 15 is 0 Å². The average molecular weight is 376 g/mol. The van der Waals surface area contributed by atoms with E-state index in [-0.39, 0.29) is 23.3 Å². The first kappa shape index (κ1) is 18.0. The number of nitrogens with zero attached hydrogens (tertiary/aromatic N) is 1. The highest BCUT2D eigenvalue weighted by Crippen LogP contribution is 2.19. The molecular weight excluding hydrogens is 358 g/mol. The Kier molecular flexibility index (Phi) is 5.58. The highest BCUT2D eigenvalue weighted by atomic mass is 35.5.